The summed E-state index contributed by atoms with van der Waals surface area (Å²) in [7, 11) is 0. The van der Waals surface area contributed by atoms with Crippen LogP contribution in [0.3, 0.4) is 0 Å². The van der Waals surface area contributed by atoms with Crippen LogP contribution in [-0.4, -0.2) is 16.9 Å². The van der Waals surface area contributed by atoms with Crippen LogP contribution in [0.2, 0.25) is 0 Å². The molecule has 1 aliphatic carbocycles. The lowest BCUT2D eigenvalue weighted by Gasteiger charge is -2.30. The molecule has 1 heterocycles. The molecule has 98 valence electrons. The first-order valence-electron chi connectivity index (χ1n) is 6.02. The van der Waals surface area contributed by atoms with Crippen molar-refractivity contribution in [1.82, 2.24) is 4.98 Å². The molecular formula is C12H15N2O3S-. The number of carbonyl (C=O) groups is 2. The average Bonchev–Trinajstić information content (AvgIpc) is 2.74. The van der Waals surface area contributed by atoms with Gasteiger partial charge in [0.1, 0.15) is 0 Å². The van der Waals surface area contributed by atoms with Gasteiger partial charge >= 0.3 is 0 Å². The number of rotatable bonds is 3. The highest BCUT2D eigenvalue weighted by atomic mass is 32.1. The van der Waals surface area contributed by atoms with Gasteiger partial charge in [0.15, 0.2) is 5.13 Å². The number of carboxylic acids is 1. The number of carbonyl (C=O) groups excluding carboxylic acids is 2. The highest BCUT2D eigenvalue weighted by molar-refractivity contribution is 7.15. The molecule has 0 saturated heterocycles. The Morgan fingerprint density at radius 3 is 2.61 bits per heavy atom. The van der Waals surface area contributed by atoms with E-state index < -0.39 is 17.8 Å². The van der Waals surface area contributed by atoms with Gasteiger partial charge in [-0.25, -0.2) is 4.98 Å². The largest absolute Gasteiger partial charge is 0.550 e. The van der Waals surface area contributed by atoms with Gasteiger partial charge in [0.05, 0.1) is 0 Å². The van der Waals surface area contributed by atoms with Gasteiger partial charge in [-0.2, -0.15) is 0 Å². The zero-order chi connectivity index (χ0) is 13.1. The molecule has 0 unspecified atom stereocenters. The van der Waals surface area contributed by atoms with Crippen molar-refractivity contribution in [1.29, 1.82) is 0 Å². The fraction of sp³-hybridized carbons (Fsp3) is 0.583. The Balaban J connectivity index is 2.04. The van der Waals surface area contributed by atoms with Crippen molar-refractivity contribution < 1.29 is 14.7 Å². The molecule has 0 aliphatic heterocycles. The second-order valence-electron chi connectivity index (χ2n) is 4.58. The lowest BCUT2D eigenvalue weighted by molar-refractivity contribution is -0.313. The maximum Gasteiger partial charge on any atom is 0.229 e. The van der Waals surface area contributed by atoms with Crippen molar-refractivity contribution >= 4 is 28.3 Å². The molecule has 2 rings (SSSR count). The van der Waals surface area contributed by atoms with Crippen molar-refractivity contribution in [2.45, 2.75) is 32.6 Å². The minimum absolute atomic E-state index is 0.252. The van der Waals surface area contributed by atoms with Gasteiger partial charge in [0.2, 0.25) is 5.91 Å². The van der Waals surface area contributed by atoms with E-state index in [1.165, 1.54) is 11.3 Å². The first-order chi connectivity index (χ1) is 8.58. The normalized spacial score (nSPS) is 23.6. The van der Waals surface area contributed by atoms with Gasteiger partial charge in [-0.05, 0) is 19.8 Å². The number of anilines is 1. The SMILES string of the molecule is Cc1cnc(NC(=O)[C@@H]2CCCC[C@@H]2C(=O)[O-])s1. The topological polar surface area (TPSA) is 82.1 Å². The molecule has 1 aromatic heterocycles. The summed E-state index contributed by atoms with van der Waals surface area (Å²) < 4.78 is 0. The molecule has 1 saturated carbocycles. The van der Waals surface area contributed by atoms with Crippen molar-refractivity contribution in [2.75, 3.05) is 5.32 Å². The predicted octanol–water partition coefficient (Wildman–Crippen LogP) is 0.946. The number of aromatic nitrogens is 1. The summed E-state index contributed by atoms with van der Waals surface area (Å²) in [4.78, 5) is 28.1. The molecule has 18 heavy (non-hydrogen) atoms. The minimum atomic E-state index is -1.12. The third-order valence-corrected chi connectivity index (χ3v) is 4.09. The molecule has 2 atom stereocenters. The van der Waals surface area contributed by atoms with E-state index in [0.29, 0.717) is 18.0 Å². The van der Waals surface area contributed by atoms with Crippen LogP contribution in [0, 0.1) is 18.8 Å². The van der Waals surface area contributed by atoms with E-state index in [1.807, 2.05) is 6.92 Å². The summed E-state index contributed by atoms with van der Waals surface area (Å²) in [5.41, 5.74) is 0. The number of amides is 1. The van der Waals surface area contributed by atoms with Crippen LogP contribution in [0.4, 0.5) is 5.13 Å². The smallest absolute Gasteiger partial charge is 0.229 e. The molecule has 5 nitrogen and oxygen atoms in total. The maximum atomic E-state index is 12.1. The second-order valence-corrected chi connectivity index (χ2v) is 5.82. The van der Waals surface area contributed by atoms with E-state index in [9.17, 15) is 14.7 Å². The first-order valence-corrected chi connectivity index (χ1v) is 6.83. The summed E-state index contributed by atoms with van der Waals surface area (Å²) in [6, 6.07) is 0. The van der Waals surface area contributed by atoms with Crippen LogP contribution < -0.4 is 10.4 Å². The van der Waals surface area contributed by atoms with Gasteiger partial charge in [0, 0.05) is 28.9 Å². The average molecular weight is 267 g/mol. The molecular weight excluding hydrogens is 252 g/mol. The summed E-state index contributed by atoms with van der Waals surface area (Å²) in [5.74, 6) is -2.53. The van der Waals surface area contributed by atoms with Crippen molar-refractivity contribution in [2.24, 2.45) is 11.8 Å². The molecule has 1 aliphatic rings. The zero-order valence-electron chi connectivity index (χ0n) is 10.1. The monoisotopic (exact) mass is 267 g/mol. The van der Waals surface area contributed by atoms with E-state index in [4.69, 9.17) is 0 Å². The summed E-state index contributed by atoms with van der Waals surface area (Å²) >= 11 is 1.38. The fourth-order valence-electron chi connectivity index (χ4n) is 2.34. The Bertz CT molecular complexity index is 458. The Hall–Kier alpha value is -1.43. The second kappa shape index (κ2) is 5.48. The standard InChI is InChI=1S/C12H16N2O3S/c1-7-6-13-12(18-7)14-10(15)8-4-2-3-5-9(8)11(16)17/h6,8-9H,2-5H2,1H3,(H,16,17)(H,13,14,15)/p-1/t8-,9+/m1/s1. The van der Waals surface area contributed by atoms with Gasteiger partial charge < -0.3 is 15.2 Å². The Labute approximate surface area is 109 Å². The number of hydrogen-bond acceptors (Lipinski definition) is 5. The highest BCUT2D eigenvalue weighted by Crippen LogP contribution is 2.31. The van der Waals surface area contributed by atoms with Crippen LogP contribution in [0.15, 0.2) is 6.20 Å². The zero-order valence-corrected chi connectivity index (χ0v) is 11.0. The van der Waals surface area contributed by atoms with Crippen LogP contribution >= 0.6 is 11.3 Å². The van der Waals surface area contributed by atoms with Crippen LogP contribution in [0.1, 0.15) is 30.6 Å². The fourth-order valence-corrected chi connectivity index (χ4v) is 3.00. The molecule has 0 radical (unpaired) electrons. The molecule has 1 N–H and O–H groups in total. The predicted molar refractivity (Wildman–Crippen MR) is 65.9 cm³/mol. The van der Waals surface area contributed by atoms with Crippen LogP contribution in [0.5, 0.6) is 0 Å². The van der Waals surface area contributed by atoms with Crippen LogP contribution in [-0.2, 0) is 9.59 Å². The Morgan fingerprint density at radius 1 is 1.39 bits per heavy atom. The van der Waals surface area contributed by atoms with Gasteiger partial charge in [-0.15, -0.1) is 11.3 Å². The summed E-state index contributed by atoms with van der Waals surface area (Å²) in [6.45, 7) is 1.90. The highest BCUT2D eigenvalue weighted by Gasteiger charge is 2.32. The lowest BCUT2D eigenvalue weighted by atomic mass is 9.79. The van der Waals surface area contributed by atoms with Gasteiger partial charge in [-0.1, -0.05) is 12.8 Å². The number of hydrogen-bond donors (Lipinski definition) is 1. The molecule has 1 fully saturated rings. The molecule has 1 amide bonds. The molecule has 0 spiro atoms. The third-order valence-electron chi connectivity index (χ3n) is 3.26. The molecule has 0 aromatic carbocycles. The molecule has 6 heteroatoms. The number of carboxylic acid groups (broad SMARTS) is 1. The lowest BCUT2D eigenvalue weighted by Crippen LogP contribution is -2.42. The summed E-state index contributed by atoms with van der Waals surface area (Å²) in [5, 5.41) is 14.2. The maximum absolute atomic E-state index is 12.1. The van der Waals surface area contributed by atoms with Crippen molar-refractivity contribution in [3.05, 3.63) is 11.1 Å². The number of aliphatic carboxylic acids is 1. The number of nitrogens with one attached hydrogen (secondary N) is 1. The molecule has 1 aromatic rings. The quantitative estimate of drug-likeness (QED) is 0.883. The van der Waals surface area contributed by atoms with E-state index in [0.717, 1.165) is 17.7 Å². The Morgan fingerprint density at radius 2 is 2.06 bits per heavy atom. The van der Waals surface area contributed by atoms with E-state index in [-0.39, 0.29) is 5.91 Å². The Kier molecular flexibility index (Phi) is 3.96. The van der Waals surface area contributed by atoms with Crippen molar-refractivity contribution in [3.63, 3.8) is 0 Å². The van der Waals surface area contributed by atoms with E-state index in [1.54, 1.807) is 6.20 Å². The number of aryl methyl sites for hydroxylation is 1. The minimum Gasteiger partial charge on any atom is -0.550 e. The number of thiazole rings is 1. The first kappa shape index (κ1) is 13.0. The van der Waals surface area contributed by atoms with Crippen molar-refractivity contribution in [3.8, 4) is 0 Å². The van der Waals surface area contributed by atoms with Crippen LogP contribution in [0.25, 0.3) is 0 Å². The van der Waals surface area contributed by atoms with E-state index in [2.05, 4.69) is 10.3 Å². The van der Waals surface area contributed by atoms with Gasteiger partial charge in [0.25, 0.3) is 0 Å². The molecule has 0 bridgehead atoms. The van der Waals surface area contributed by atoms with E-state index >= 15 is 0 Å². The van der Waals surface area contributed by atoms with Gasteiger partial charge in [-0.3, -0.25) is 4.79 Å². The summed E-state index contributed by atoms with van der Waals surface area (Å²) in [6.07, 6.45) is 4.54. The third kappa shape index (κ3) is 2.87. The number of nitrogens with zero attached hydrogens (tertiary/aromatic N) is 1.